The SMILES string of the molecule is CNC1CC(c2ccccc2)CN(C(N)=O)C1. The van der Waals surface area contributed by atoms with Gasteiger partial charge in [-0.3, -0.25) is 0 Å². The molecule has 1 heterocycles. The van der Waals surface area contributed by atoms with E-state index in [0.717, 1.165) is 13.0 Å². The van der Waals surface area contributed by atoms with E-state index in [1.54, 1.807) is 4.90 Å². The highest BCUT2D eigenvalue weighted by atomic mass is 16.2. The van der Waals surface area contributed by atoms with Gasteiger partial charge in [-0.05, 0) is 19.0 Å². The molecule has 0 spiro atoms. The van der Waals surface area contributed by atoms with Gasteiger partial charge in [-0.25, -0.2) is 4.79 Å². The number of carbonyl (C=O) groups excluding carboxylic acids is 1. The summed E-state index contributed by atoms with van der Waals surface area (Å²) < 4.78 is 0. The van der Waals surface area contributed by atoms with E-state index in [4.69, 9.17) is 5.73 Å². The van der Waals surface area contributed by atoms with E-state index in [2.05, 4.69) is 17.4 Å². The molecule has 1 saturated heterocycles. The van der Waals surface area contributed by atoms with Crippen LogP contribution in [0, 0.1) is 0 Å². The molecule has 2 rings (SSSR count). The van der Waals surface area contributed by atoms with Crippen LogP contribution in [-0.4, -0.2) is 37.1 Å². The Kier molecular flexibility index (Phi) is 3.64. The number of nitrogens with one attached hydrogen (secondary N) is 1. The second-order valence-corrected chi connectivity index (χ2v) is 4.57. The van der Waals surface area contributed by atoms with Crippen LogP contribution in [0.5, 0.6) is 0 Å². The van der Waals surface area contributed by atoms with Gasteiger partial charge in [0.1, 0.15) is 0 Å². The van der Waals surface area contributed by atoms with Crippen LogP contribution in [0.1, 0.15) is 17.9 Å². The number of primary amides is 1. The van der Waals surface area contributed by atoms with Crippen molar-refractivity contribution in [3.63, 3.8) is 0 Å². The summed E-state index contributed by atoms with van der Waals surface area (Å²) in [5.74, 6) is 0.370. The molecule has 4 nitrogen and oxygen atoms in total. The van der Waals surface area contributed by atoms with Crippen LogP contribution in [0.4, 0.5) is 4.79 Å². The average molecular weight is 233 g/mol. The fraction of sp³-hybridized carbons (Fsp3) is 0.462. The number of nitrogens with zero attached hydrogens (tertiary/aromatic N) is 1. The number of carbonyl (C=O) groups is 1. The summed E-state index contributed by atoms with van der Waals surface area (Å²) in [5.41, 5.74) is 6.66. The Labute approximate surface area is 102 Å². The lowest BCUT2D eigenvalue weighted by Crippen LogP contribution is -2.51. The molecule has 0 radical (unpaired) electrons. The molecule has 1 aromatic carbocycles. The standard InChI is InChI=1S/C13H19N3O/c1-15-12-7-11(8-16(9-12)13(14)17)10-5-3-2-4-6-10/h2-6,11-12,15H,7-9H2,1H3,(H2,14,17). The molecule has 0 aromatic heterocycles. The molecule has 1 aliphatic rings. The lowest BCUT2D eigenvalue weighted by molar-refractivity contribution is 0.174. The van der Waals surface area contributed by atoms with Crippen molar-refractivity contribution in [1.82, 2.24) is 10.2 Å². The molecule has 3 N–H and O–H groups in total. The Morgan fingerprint density at radius 3 is 2.65 bits per heavy atom. The molecule has 1 fully saturated rings. The zero-order chi connectivity index (χ0) is 12.3. The van der Waals surface area contributed by atoms with Gasteiger partial charge in [0.15, 0.2) is 0 Å². The summed E-state index contributed by atoms with van der Waals surface area (Å²) in [5, 5.41) is 3.24. The zero-order valence-electron chi connectivity index (χ0n) is 10.1. The highest BCUT2D eigenvalue weighted by molar-refractivity contribution is 5.72. The number of hydrogen-bond donors (Lipinski definition) is 2. The molecule has 0 aliphatic carbocycles. The second kappa shape index (κ2) is 5.19. The molecular formula is C13H19N3O. The fourth-order valence-corrected chi connectivity index (χ4v) is 2.45. The van der Waals surface area contributed by atoms with E-state index in [1.807, 2.05) is 25.2 Å². The fourth-order valence-electron chi connectivity index (χ4n) is 2.45. The Hall–Kier alpha value is -1.55. The van der Waals surface area contributed by atoms with Gasteiger partial charge < -0.3 is 16.0 Å². The molecule has 2 amide bonds. The van der Waals surface area contributed by atoms with Crippen molar-refractivity contribution in [1.29, 1.82) is 0 Å². The molecule has 17 heavy (non-hydrogen) atoms. The third-order valence-corrected chi connectivity index (χ3v) is 3.44. The highest BCUT2D eigenvalue weighted by Gasteiger charge is 2.28. The van der Waals surface area contributed by atoms with Gasteiger partial charge in [0.2, 0.25) is 0 Å². The number of likely N-dealkylation sites (tertiary alicyclic amines) is 1. The minimum absolute atomic E-state index is 0.321. The summed E-state index contributed by atoms with van der Waals surface area (Å²) in [7, 11) is 1.93. The van der Waals surface area contributed by atoms with Crippen LogP contribution in [-0.2, 0) is 0 Å². The molecule has 4 heteroatoms. The van der Waals surface area contributed by atoms with Crippen molar-refractivity contribution in [3.8, 4) is 0 Å². The van der Waals surface area contributed by atoms with E-state index in [0.29, 0.717) is 18.5 Å². The molecule has 1 aromatic rings. The van der Waals surface area contributed by atoms with E-state index in [9.17, 15) is 4.79 Å². The normalized spacial score (nSPS) is 24.6. The van der Waals surface area contributed by atoms with Crippen LogP contribution in [0.25, 0.3) is 0 Å². The van der Waals surface area contributed by atoms with Gasteiger partial charge in [-0.2, -0.15) is 0 Å². The molecule has 2 unspecified atom stereocenters. The van der Waals surface area contributed by atoms with Gasteiger partial charge in [-0.15, -0.1) is 0 Å². The first-order valence-electron chi connectivity index (χ1n) is 5.97. The number of piperidine rings is 1. The molecular weight excluding hydrogens is 214 g/mol. The first-order chi connectivity index (χ1) is 8.20. The number of urea groups is 1. The van der Waals surface area contributed by atoms with Crippen molar-refractivity contribution in [3.05, 3.63) is 35.9 Å². The summed E-state index contributed by atoms with van der Waals surface area (Å²) >= 11 is 0. The third-order valence-electron chi connectivity index (χ3n) is 3.44. The Morgan fingerprint density at radius 2 is 2.06 bits per heavy atom. The van der Waals surface area contributed by atoms with Gasteiger partial charge in [0.25, 0.3) is 0 Å². The lowest BCUT2D eigenvalue weighted by atomic mass is 9.88. The monoisotopic (exact) mass is 233 g/mol. The van der Waals surface area contributed by atoms with Gasteiger partial charge in [0, 0.05) is 25.0 Å². The highest BCUT2D eigenvalue weighted by Crippen LogP contribution is 2.26. The zero-order valence-corrected chi connectivity index (χ0v) is 10.1. The summed E-state index contributed by atoms with van der Waals surface area (Å²) in [6.07, 6.45) is 1.05. The first-order valence-corrected chi connectivity index (χ1v) is 5.97. The number of likely N-dealkylation sites (N-methyl/N-ethyl adjacent to an activating group) is 1. The maximum absolute atomic E-state index is 11.3. The van der Waals surface area contributed by atoms with Crippen LogP contribution in [0.2, 0.25) is 0 Å². The maximum atomic E-state index is 11.3. The van der Waals surface area contributed by atoms with E-state index in [-0.39, 0.29) is 6.03 Å². The first kappa shape index (κ1) is 11.9. The van der Waals surface area contributed by atoms with Crippen molar-refractivity contribution >= 4 is 6.03 Å². The summed E-state index contributed by atoms with van der Waals surface area (Å²) in [6.45, 7) is 1.42. The van der Waals surface area contributed by atoms with E-state index < -0.39 is 0 Å². The van der Waals surface area contributed by atoms with Crippen molar-refractivity contribution in [2.24, 2.45) is 5.73 Å². The Morgan fingerprint density at radius 1 is 1.35 bits per heavy atom. The van der Waals surface area contributed by atoms with Gasteiger partial charge in [-0.1, -0.05) is 30.3 Å². The van der Waals surface area contributed by atoms with Crippen LogP contribution < -0.4 is 11.1 Å². The Balaban J connectivity index is 2.14. The average Bonchev–Trinajstić information content (AvgIpc) is 2.39. The second-order valence-electron chi connectivity index (χ2n) is 4.57. The third kappa shape index (κ3) is 2.77. The minimum Gasteiger partial charge on any atom is -0.351 e. The predicted molar refractivity (Wildman–Crippen MR) is 67.8 cm³/mol. The van der Waals surface area contributed by atoms with E-state index >= 15 is 0 Å². The number of nitrogens with two attached hydrogens (primary N) is 1. The van der Waals surface area contributed by atoms with Gasteiger partial charge in [0.05, 0.1) is 0 Å². The van der Waals surface area contributed by atoms with Crippen LogP contribution >= 0.6 is 0 Å². The molecule has 0 saturated carbocycles. The lowest BCUT2D eigenvalue weighted by Gasteiger charge is -2.37. The maximum Gasteiger partial charge on any atom is 0.314 e. The topological polar surface area (TPSA) is 58.4 Å². The Bertz CT molecular complexity index is 380. The predicted octanol–water partition coefficient (Wildman–Crippen LogP) is 1.14. The quantitative estimate of drug-likeness (QED) is 0.805. The molecule has 0 bridgehead atoms. The minimum atomic E-state index is -0.328. The van der Waals surface area contributed by atoms with Crippen molar-refractivity contribution in [2.45, 2.75) is 18.4 Å². The van der Waals surface area contributed by atoms with Crippen molar-refractivity contribution in [2.75, 3.05) is 20.1 Å². The number of amides is 2. The van der Waals surface area contributed by atoms with Crippen molar-refractivity contribution < 1.29 is 4.79 Å². The number of hydrogen-bond acceptors (Lipinski definition) is 2. The van der Waals surface area contributed by atoms with Crippen LogP contribution in [0.15, 0.2) is 30.3 Å². The van der Waals surface area contributed by atoms with Crippen LogP contribution in [0.3, 0.4) is 0 Å². The summed E-state index contributed by atoms with van der Waals surface area (Å²) in [4.78, 5) is 13.0. The molecule has 2 atom stereocenters. The molecule has 92 valence electrons. The number of benzene rings is 1. The smallest absolute Gasteiger partial charge is 0.314 e. The summed E-state index contributed by atoms with van der Waals surface area (Å²) in [6, 6.07) is 10.3. The largest absolute Gasteiger partial charge is 0.351 e. The molecule has 1 aliphatic heterocycles. The number of rotatable bonds is 2. The van der Waals surface area contributed by atoms with Gasteiger partial charge >= 0.3 is 6.03 Å². The van der Waals surface area contributed by atoms with E-state index in [1.165, 1.54) is 5.56 Å².